The van der Waals surface area contributed by atoms with Gasteiger partial charge in [0.05, 0.1) is 23.9 Å². The molecule has 162 valence electrons. The minimum absolute atomic E-state index is 0.224. The largest absolute Gasteiger partial charge is 0.486 e. The average Bonchev–Trinajstić information content (AvgIpc) is 3.23. The number of amides is 1. The van der Waals surface area contributed by atoms with Crippen LogP contribution in [0.5, 0.6) is 5.75 Å². The molecule has 0 spiro atoms. The summed E-state index contributed by atoms with van der Waals surface area (Å²) in [5, 5.41) is 2.87. The molecule has 0 aliphatic carbocycles. The SMILES string of the molecule is COC(=O)c1cccc(NC(=O)c2ccccc2OCc2cn3cccc(C)c3n2)c1C. The van der Waals surface area contributed by atoms with E-state index in [2.05, 4.69) is 10.3 Å². The Morgan fingerprint density at radius 2 is 1.78 bits per heavy atom. The van der Waals surface area contributed by atoms with E-state index in [-0.39, 0.29) is 12.5 Å². The fourth-order valence-electron chi connectivity index (χ4n) is 3.50. The maximum absolute atomic E-state index is 13.0. The van der Waals surface area contributed by atoms with Crippen LogP contribution in [-0.4, -0.2) is 28.4 Å². The fraction of sp³-hybridized carbons (Fsp3) is 0.160. The van der Waals surface area contributed by atoms with E-state index >= 15 is 0 Å². The van der Waals surface area contributed by atoms with Crippen LogP contribution in [0, 0.1) is 13.8 Å². The first kappa shape index (κ1) is 21.1. The summed E-state index contributed by atoms with van der Waals surface area (Å²) >= 11 is 0. The molecular formula is C25H23N3O4. The average molecular weight is 429 g/mol. The third-order valence-electron chi connectivity index (χ3n) is 5.22. The first-order chi connectivity index (χ1) is 15.5. The molecule has 2 aromatic heterocycles. The molecule has 0 aliphatic rings. The molecular weight excluding hydrogens is 406 g/mol. The van der Waals surface area contributed by atoms with Crippen molar-refractivity contribution in [1.82, 2.24) is 9.38 Å². The number of aromatic nitrogens is 2. The van der Waals surface area contributed by atoms with Crippen LogP contribution in [0.4, 0.5) is 5.69 Å². The van der Waals surface area contributed by atoms with Crippen molar-refractivity contribution in [2.45, 2.75) is 20.5 Å². The van der Waals surface area contributed by atoms with Crippen molar-refractivity contribution in [3.63, 3.8) is 0 Å². The summed E-state index contributed by atoms with van der Waals surface area (Å²) in [7, 11) is 1.32. The molecule has 2 heterocycles. The summed E-state index contributed by atoms with van der Waals surface area (Å²) in [6, 6.07) is 16.1. The van der Waals surface area contributed by atoms with Gasteiger partial charge in [0, 0.05) is 18.1 Å². The van der Waals surface area contributed by atoms with Crippen LogP contribution < -0.4 is 10.1 Å². The van der Waals surface area contributed by atoms with Crippen molar-refractivity contribution in [2.75, 3.05) is 12.4 Å². The van der Waals surface area contributed by atoms with Crippen molar-refractivity contribution in [3.8, 4) is 5.75 Å². The van der Waals surface area contributed by atoms with Gasteiger partial charge in [0.25, 0.3) is 5.91 Å². The molecule has 0 radical (unpaired) electrons. The number of para-hydroxylation sites is 1. The van der Waals surface area contributed by atoms with Gasteiger partial charge in [-0.3, -0.25) is 4.79 Å². The number of nitrogens with one attached hydrogen (secondary N) is 1. The lowest BCUT2D eigenvalue weighted by Crippen LogP contribution is -2.15. The standard InChI is InChI=1S/C25H23N3O4/c1-16-8-7-13-28-14-18(26-23(16)28)15-32-22-12-5-4-9-20(22)24(29)27-21-11-6-10-19(17(21)2)25(30)31-3/h4-14H,15H2,1-3H3,(H,27,29). The van der Waals surface area contributed by atoms with Gasteiger partial charge in [-0.15, -0.1) is 0 Å². The highest BCUT2D eigenvalue weighted by atomic mass is 16.5. The Hall–Kier alpha value is -4.13. The van der Waals surface area contributed by atoms with E-state index in [1.807, 2.05) is 41.9 Å². The number of anilines is 1. The van der Waals surface area contributed by atoms with E-state index in [0.29, 0.717) is 28.1 Å². The van der Waals surface area contributed by atoms with Crippen LogP contribution in [0.25, 0.3) is 5.65 Å². The second-order valence-corrected chi connectivity index (χ2v) is 7.36. The lowest BCUT2D eigenvalue weighted by atomic mass is 10.1. The third-order valence-corrected chi connectivity index (χ3v) is 5.22. The maximum atomic E-state index is 13.0. The van der Waals surface area contributed by atoms with Gasteiger partial charge in [0.15, 0.2) is 0 Å². The molecule has 1 amide bonds. The van der Waals surface area contributed by atoms with Crippen LogP contribution in [0.2, 0.25) is 0 Å². The number of nitrogens with zero attached hydrogens (tertiary/aromatic N) is 2. The lowest BCUT2D eigenvalue weighted by molar-refractivity contribution is 0.0599. The molecule has 0 saturated heterocycles. The Morgan fingerprint density at radius 1 is 1.00 bits per heavy atom. The van der Waals surface area contributed by atoms with Crippen LogP contribution in [0.3, 0.4) is 0 Å². The Bertz CT molecular complexity index is 1310. The van der Waals surface area contributed by atoms with Crippen molar-refractivity contribution in [2.24, 2.45) is 0 Å². The third kappa shape index (κ3) is 4.18. The number of esters is 1. The highest BCUT2D eigenvalue weighted by Crippen LogP contribution is 2.24. The van der Waals surface area contributed by atoms with Crippen LogP contribution in [-0.2, 0) is 11.3 Å². The predicted octanol–water partition coefficient (Wildman–Crippen LogP) is 4.57. The van der Waals surface area contributed by atoms with E-state index in [1.54, 1.807) is 43.3 Å². The van der Waals surface area contributed by atoms with Gasteiger partial charge >= 0.3 is 5.97 Å². The number of fused-ring (bicyclic) bond motifs is 1. The van der Waals surface area contributed by atoms with Gasteiger partial charge < -0.3 is 19.2 Å². The second kappa shape index (κ2) is 8.93. The van der Waals surface area contributed by atoms with Crippen molar-refractivity contribution >= 4 is 23.2 Å². The van der Waals surface area contributed by atoms with Gasteiger partial charge in [0.1, 0.15) is 18.0 Å². The number of aryl methyl sites for hydroxylation is 1. The molecule has 4 rings (SSSR count). The maximum Gasteiger partial charge on any atom is 0.338 e. The van der Waals surface area contributed by atoms with E-state index in [9.17, 15) is 9.59 Å². The molecule has 7 nitrogen and oxygen atoms in total. The molecule has 0 unspecified atom stereocenters. The molecule has 0 atom stereocenters. The number of ether oxygens (including phenoxy) is 2. The quantitative estimate of drug-likeness (QED) is 0.454. The van der Waals surface area contributed by atoms with Crippen molar-refractivity contribution in [3.05, 3.63) is 94.9 Å². The fourth-order valence-corrected chi connectivity index (χ4v) is 3.50. The molecule has 4 aromatic rings. The number of rotatable bonds is 6. The molecule has 0 aliphatic heterocycles. The molecule has 0 saturated carbocycles. The first-order valence-corrected chi connectivity index (χ1v) is 10.1. The van der Waals surface area contributed by atoms with Gasteiger partial charge in [-0.05, 0) is 55.3 Å². The first-order valence-electron chi connectivity index (χ1n) is 10.1. The van der Waals surface area contributed by atoms with E-state index in [0.717, 1.165) is 16.9 Å². The van der Waals surface area contributed by atoms with Crippen LogP contribution in [0.15, 0.2) is 67.0 Å². The second-order valence-electron chi connectivity index (χ2n) is 7.36. The summed E-state index contributed by atoms with van der Waals surface area (Å²) in [4.78, 5) is 29.6. The number of hydrogen-bond donors (Lipinski definition) is 1. The summed E-state index contributed by atoms with van der Waals surface area (Å²) in [5.74, 6) is -0.345. The van der Waals surface area contributed by atoms with Crippen LogP contribution in [0.1, 0.15) is 37.5 Å². The molecule has 0 fully saturated rings. The summed E-state index contributed by atoms with van der Waals surface area (Å²) in [6.45, 7) is 3.99. The number of carbonyl (C=O) groups excluding carboxylic acids is 2. The summed E-state index contributed by atoms with van der Waals surface area (Å²) in [6.07, 6.45) is 3.84. The summed E-state index contributed by atoms with van der Waals surface area (Å²) < 4.78 is 12.7. The normalized spacial score (nSPS) is 10.7. The molecule has 1 N–H and O–H groups in total. The zero-order chi connectivity index (χ0) is 22.7. The predicted molar refractivity (Wildman–Crippen MR) is 121 cm³/mol. The van der Waals surface area contributed by atoms with E-state index in [1.165, 1.54) is 7.11 Å². The van der Waals surface area contributed by atoms with Gasteiger partial charge in [-0.25, -0.2) is 9.78 Å². The number of hydrogen-bond acceptors (Lipinski definition) is 5. The Morgan fingerprint density at radius 3 is 2.56 bits per heavy atom. The Balaban J connectivity index is 1.53. The Labute approximate surface area is 185 Å². The highest BCUT2D eigenvalue weighted by Gasteiger charge is 2.17. The van der Waals surface area contributed by atoms with Crippen molar-refractivity contribution in [1.29, 1.82) is 0 Å². The lowest BCUT2D eigenvalue weighted by Gasteiger charge is -2.13. The zero-order valence-electron chi connectivity index (χ0n) is 18.1. The number of carbonyl (C=O) groups is 2. The van der Waals surface area contributed by atoms with Gasteiger partial charge in [-0.2, -0.15) is 0 Å². The molecule has 7 heteroatoms. The number of benzene rings is 2. The number of pyridine rings is 1. The minimum atomic E-state index is -0.454. The van der Waals surface area contributed by atoms with E-state index < -0.39 is 5.97 Å². The van der Waals surface area contributed by atoms with Gasteiger partial charge in [0.2, 0.25) is 0 Å². The zero-order valence-corrected chi connectivity index (χ0v) is 18.1. The Kier molecular flexibility index (Phi) is 5.89. The molecule has 2 aromatic carbocycles. The topological polar surface area (TPSA) is 81.9 Å². The number of imidazole rings is 1. The summed E-state index contributed by atoms with van der Waals surface area (Å²) in [5.41, 5.74) is 4.65. The van der Waals surface area contributed by atoms with Crippen molar-refractivity contribution < 1.29 is 19.1 Å². The smallest absolute Gasteiger partial charge is 0.338 e. The molecule has 0 bridgehead atoms. The highest BCUT2D eigenvalue weighted by molar-refractivity contribution is 6.07. The monoisotopic (exact) mass is 429 g/mol. The van der Waals surface area contributed by atoms with E-state index in [4.69, 9.17) is 9.47 Å². The van der Waals surface area contributed by atoms with Gasteiger partial charge in [-0.1, -0.05) is 24.3 Å². The minimum Gasteiger partial charge on any atom is -0.486 e. The molecule has 32 heavy (non-hydrogen) atoms. The number of methoxy groups -OCH3 is 1. The van der Waals surface area contributed by atoms with Crippen LogP contribution >= 0.6 is 0 Å².